The number of ether oxygens (including phenoxy) is 1. The van der Waals surface area contributed by atoms with Gasteiger partial charge in [0.1, 0.15) is 0 Å². The summed E-state index contributed by atoms with van der Waals surface area (Å²) < 4.78 is 46.0. The number of hydrogen-bond acceptors (Lipinski definition) is 5. The number of nitrogens with zero attached hydrogens (tertiary/aromatic N) is 4. The highest BCUT2D eigenvalue weighted by Crippen LogP contribution is 2.41. The van der Waals surface area contributed by atoms with Gasteiger partial charge in [0.25, 0.3) is 5.91 Å². The second-order valence-electron chi connectivity index (χ2n) is 7.37. The molecule has 0 aromatic heterocycles. The van der Waals surface area contributed by atoms with Gasteiger partial charge in [-0.3, -0.25) is 4.79 Å². The Bertz CT molecular complexity index is 831. The number of fused-ring (bicyclic) bond motifs is 1. The summed E-state index contributed by atoms with van der Waals surface area (Å²) in [5.74, 6) is -3.52. The smallest absolute Gasteiger partial charge is 0.376 e. The van der Waals surface area contributed by atoms with Gasteiger partial charge in [-0.05, 0) is 30.0 Å². The Morgan fingerprint density at radius 1 is 1.32 bits per heavy atom. The first-order valence-corrected chi connectivity index (χ1v) is 9.24. The third kappa shape index (κ3) is 3.50. The van der Waals surface area contributed by atoms with Crippen molar-refractivity contribution in [3.63, 3.8) is 0 Å². The number of likely N-dealkylation sites (N-methyl/N-ethyl adjacent to an activating group) is 1. The zero-order chi connectivity index (χ0) is 19.9. The first-order chi connectivity index (χ1) is 13.3. The average molecular weight is 394 g/mol. The van der Waals surface area contributed by atoms with Crippen molar-refractivity contribution in [1.29, 1.82) is 0 Å². The predicted molar refractivity (Wildman–Crippen MR) is 95.4 cm³/mol. The Kier molecular flexibility index (Phi) is 4.86. The minimum absolute atomic E-state index is 0.142. The summed E-state index contributed by atoms with van der Waals surface area (Å²) in [5, 5.41) is 6.57. The fourth-order valence-corrected chi connectivity index (χ4v) is 4.11. The van der Waals surface area contributed by atoms with Gasteiger partial charge in [0.15, 0.2) is 5.92 Å². The number of benzene rings is 1. The number of halogens is 3. The molecule has 0 aliphatic carbocycles. The lowest BCUT2D eigenvalue weighted by atomic mass is 10.0. The predicted octanol–water partition coefficient (Wildman–Crippen LogP) is 3.63. The van der Waals surface area contributed by atoms with E-state index in [1.165, 1.54) is 0 Å². The van der Waals surface area contributed by atoms with E-state index in [-0.39, 0.29) is 11.8 Å². The number of hydrogen-bond donors (Lipinski definition) is 0. The normalized spacial score (nSPS) is 24.5. The monoisotopic (exact) mass is 394 g/mol. The van der Waals surface area contributed by atoms with E-state index in [1.54, 1.807) is 4.90 Å². The molecule has 0 bridgehead atoms. The first kappa shape index (κ1) is 18.9. The molecule has 4 rings (SSSR count). The van der Waals surface area contributed by atoms with Crippen LogP contribution in [0.15, 0.2) is 40.3 Å². The van der Waals surface area contributed by atoms with Crippen LogP contribution in [0.2, 0.25) is 0 Å². The zero-order valence-corrected chi connectivity index (χ0v) is 15.4. The van der Waals surface area contributed by atoms with E-state index in [0.717, 1.165) is 49.0 Å². The van der Waals surface area contributed by atoms with Gasteiger partial charge in [-0.15, -0.1) is 5.11 Å². The molecule has 1 amide bonds. The molecule has 3 heterocycles. The molecule has 0 radical (unpaired) electrons. The first-order valence-electron chi connectivity index (χ1n) is 9.24. The maximum Gasteiger partial charge on any atom is 0.406 e. The summed E-state index contributed by atoms with van der Waals surface area (Å²) in [7, 11) is 1.97. The van der Waals surface area contributed by atoms with Gasteiger partial charge < -0.3 is 14.5 Å². The van der Waals surface area contributed by atoms with Gasteiger partial charge in [0.05, 0.1) is 18.0 Å². The third-order valence-corrected chi connectivity index (χ3v) is 5.45. The second-order valence-corrected chi connectivity index (χ2v) is 7.37. The van der Waals surface area contributed by atoms with Crippen LogP contribution >= 0.6 is 0 Å². The Morgan fingerprint density at radius 3 is 2.86 bits per heavy atom. The van der Waals surface area contributed by atoms with E-state index in [4.69, 9.17) is 4.74 Å². The minimum atomic E-state index is -4.70. The highest BCUT2D eigenvalue weighted by molar-refractivity contribution is 5.83. The summed E-state index contributed by atoms with van der Waals surface area (Å²) >= 11 is 0. The Morgan fingerprint density at radius 2 is 2.14 bits per heavy atom. The largest absolute Gasteiger partial charge is 0.406 e. The van der Waals surface area contributed by atoms with Crippen LogP contribution in [0.25, 0.3) is 0 Å². The van der Waals surface area contributed by atoms with Crippen LogP contribution in [0.3, 0.4) is 0 Å². The highest BCUT2D eigenvalue weighted by atomic mass is 19.4. The van der Waals surface area contributed by atoms with Crippen molar-refractivity contribution in [3.05, 3.63) is 41.2 Å². The average Bonchev–Trinajstić information content (AvgIpc) is 3.29. The van der Waals surface area contributed by atoms with Crippen molar-refractivity contribution in [3.8, 4) is 0 Å². The van der Waals surface area contributed by atoms with Crippen molar-refractivity contribution in [2.45, 2.75) is 38.2 Å². The molecule has 3 aliphatic heterocycles. The fraction of sp³-hybridized carbons (Fsp3) is 0.526. The van der Waals surface area contributed by atoms with Crippen LogP contribution in [-0.4, -0.2) is 43.3 Å². The molecule has 150 valence electrons. The number of azo groups is 1. The number of anilines is 1. The van der Waals surface area contributed by atoms with Gasteiger partial charge >= 0.3 is 6.18 Å². The Labute approximate surface area is 160 Å². The van der Waals surface area contributed by atoms with Crippen LogP contribution in [0.4, 0.5) is 18.9 Å². The van der Waals surface area contributed by atoms with Crippen LogP contribution < -0.4 is 4.90 Å². The zero-order valence-electron chi connectivity index (χ0n) is 15.4. The fourth-order valence-electron chi connectivity index (χ4n) is 4.11. The summed E-state index contributed by atoms with van der Waals surface area (Å²) in [6, 6.07) is 5.79. The molecule has 1 aromatic carbocycles. The van der Waals surface area contributed by atoms with Crippen molar-refractivity contribution in [2.75, 3.05) is 25.1 Å². The molecule has 2 unspecified atom stereocenters. The quantitative estimate of drug-likeness (QED) is 0.783. The molecule has 6 nitrogen and oxygen atoms in total. The van der Waals surface area contributed by atoms with E-state index in [9.17, 15) is 18.0 Å². The molecule has 0 spiro atoms. The van der Waals surface area contributed by atoms with Crippen molar-refractivity contribution >= 4 is 11.6 Å². The van der Waals surface area contributed by atoms with E-state index in [1.807, 2.05) is 25.2 Å². The number of carbonyl (C=O) groups excluding carboxylic acids is 1. The van der Waals surface area contributed by atoms with Gasteiger partial charge in [0.2, 0.25) is 0 Å². The van der Waals surface area contributed by atoms with Crippen LogP contribution in [0, 0.1) is 5.92 Å². The maximum atomic E-state index is 13.4. The van der Waals surface area contributed by atoms with Gasteiger partial charge in [-0.1, -0.05) is 12.1 Å². The molecule has 2 atom stereocenters. The molecular weight excluding hydrogens is 373 g/mol. The lowest BCUT2D eigenvalue weighted by molar-refractivity contribution is -0.177. The molecule has 9 heteroatoms. The lowest BCUT2D eigenvalue weighted by Gasteiger charge is -2.29. The van der Waals surface area contributed by atoms with Crippen LogP contribution in [-0.2, 0) is 22.6 Å². The summed E-state index contributed by atoms with van der Waals surface area (Å²) in [6.45, 7) is 2.10. The number of amides is 1. The van der Waals surface area contributed by atoms with E-state index >= 15 is 0 Å². The second kappa shape index (κ2) is 7.20. The molecule has 28 heavy (non-hydrogen) atoms. The topological polar surface area (TPSA) is 57.5 Å². The highest BCUT2D eigenvalue weighted by Gasteiger charge is 2.50. The molecule has 1 fully saturated rings. The van der Waals surface area contributed by atoms with Gasteiger partial charge in [-0.25, -0.2) is 0 Å². The van der Waals surface area contributed by atoms with Crippen molar-refractivity contribution < 1.29 is 22.7 Å². The Balaban J connectivity index is 1.57. The van der Waals surface area contributed by atoms with Crippen molar-refractivity contribution in [2.24, 2.45) is 16.1 Å². The summed E-state index contributed by atoms with van der Waals surface area (Å²) in [6.07, 6.45) is -1.40. The van der Waals surface area contributed by atoms with Crippen molar-refractivity contribution in [1.82, 2.24) is 4.90 Å². The summed E-state index contributed by atoms with van der Waals surface area (Å²) in [5.41, 5.74) is 2.76. The number of rotatable bonds is 4. The van der Waals surface area contributed by atoms with E-state index in [0.29, 0.717) is 13.1 Å². The standard InChI is InChI=1S/C19H21F3N4O2/c1-25(10-13-5-3-7-28-13)15-6-2-4-12-9-26(11-14(12)15)16-8-23-24-18(27)17(16)19(20,21)22/h2,4,6,8,13,17H,3,5,7,9-11H2,1H3. The number of carbonyl (C=O) groups is 1. The molecule has 0 N–H and O–H groups in total. The lowest BCUT2D eigenvalue weighted by Crippen LogP contribution is -2.38. The SMILES string of the molecule is CN(CC1CCCO1)c1cccc2c1CN(C1=CN=NC(=O)C1C(F)(F)F)C2. The third-order valence-electron chi connectivity index (χ3n) is 5.45. The maximum absolute atomic E-state index is 13.4. The summed E-state index contributed by atoms with van der Waals surface area (Å²) in [4.78, 5) is 15.4. The molecular formula is C19H21F3N4O2. The van der Waals surface area contributed by atoms with E-state index < -0.39 is 18.0 Å². The molecule has 3 aliphatic rings. The Hall–Kier alpha value is -2.42. The number of alkyl halides is 3. The van der Waals surface area contributed by atoms with Gasteiger partial charge in [0, 0.05) is 39.0 Å². The van der Waals surface area contributed by atoms with Gasteiger partial charge in [-0.2, -0.15) is 18.3 Å². The molecule has 1 saturated heterocycles. The van der Waals surface area contributed by atoms with Crippen LogP contribution in [0.5, 0.6) is 0 Å². The van der Waals surface area contributed by atoms with Crippen LogP contribution in [0.1, 0.15) is 24.0 Å². The molecule has 1 aromatic rings. The minimum Gasteiger partial charge on any atom is -0.376 e. The van der Waals surface area contributed by atoms with E-state index in [2.05, 4.69) is 15.1 Å². The molecule has 0 saturated carbocycles.